The molecule has 9 heteroatoms. The Hall–Kier alpha value is -3.41. The fraction of sp³-hybridized carbons (Fsp3) is 0.409. The van der Waals surface area contributed by atoms with Crippen LogP contribution in [0.4, 0.5) is 14.6 Å². The normalized spacial score (nSPS) is 23.8. The van der Waals surface area contributed by atoms with E-state index in [4.69, 9.17) is 5.26 Å². The van der Waals surface area contributed by atoms with Gasteiger partial charge in [-0.2, -0.15) is 10.4 Å². The summed E-state index contributed by atoms with van der Waals surface area (Å²) in [6.45, 7) is 1.26. The van der Waals surface area contributed by atoms with Crippen LogP contribution in [0.15, 0.2) is 35.7 Å². The molecule has 2 aliphatic heterocycles. The third kappa shape index (κ3) is 3.42. The monoisotopic (exact) mass is 422 g/mol. The second-order valence-electron chi connectivity index (χ2n) is 8.40. The zero-order valence-corrected chi connectivity index (χ0v) is 16.7. The third-order valence-corrected chi connectivity index (χ3v) is 6.59. The van der Waals surface area contributed by atoms with Crippen LogP contribution in [-0.2, 0) is 4.79 Å². The lowest BCUT2D eigenvalue weighted by molar-refractivity contribution is -0.140. The van der Waals surface area contributed by atoms with E-state index < -0.39 is 17.7 Å². The van der Waals surface area contributed by atoms with E-state index in [1.54, 1.807) is 12.3 Å². The molecule has 1 saturated carbocycles. The number of hydrogen-bond acceptors (Lipinski definition) is 6. The van der Waals surface area contributed by atoms with Crippen molar-refractivity contribution in [3.63, 3.8) is 0 Å². The second kappa shape index (κ2) is 7.38. The number of nitriles is 1. The van der Waals surface area contributed by atoms with Crippen molar-refractivity contribution in [2.75, 3.05) is 18.0 Å². The number of hydrogen-bond donors (Lipinski definition) is 0. The van der Waals surface area contributed by atoms with Gasteiger partial charge in [0.1, 0.15) is 35.5 Å². The number of halogens is 2. The van der Waals surface area contributed by atoms with Crippen LogP contribution in [0.2, 0.25) is 0 Å². The molecule has 1 aromatic carbocycles. The van der Waals surface area contributed by atoms with Gasteiger partial charge >= 0.3 is 0 Å². The van der Waals surface area contributed by atoms with Crippen LogP contribution in [0.1, 0.15) is 43.0 Å². The highest BCUT2D eigenvalue weighted by atomic mass is 19.1. The predicted octanol–water partition coefficient (Wildman–Crippen LogP) is 3.19. The highest BCUT2D eigenvalue weighted by Crippen LogP contribution is 2.57. The van der Waals surface area contributed by atoms with Crippen LogP contribution in [0.25, 0.3) is 0 Å². The number of aromatic nitrogens is 2. The van der Waals surface area contributed by atoms with Gasteiger partial charge in [0.25, 0.3) is 0 Å². The average Bonchev–Trinajstić information content (AvgIpc) is 3.36. The summed E-state index contributed by atoms with van der Waals surface area (Å²) >= 11 is 0. The van der Waals surface area contributed by atoms with E-state index in [1.165, 1.54) is 11.3 Å². The molecule has 1 aromatic heterocycles. The lowest BCUT2D eigenvalue weighted by atomic mass is 9.81. The molecule has 1 saturated heterocycles. The van der Waals surface area contributed by atoms with Crippen LogP contribution < -0.4 is 4.90 Å². The molecule has 3 heterocycles. The van der Waals surface area contributed by atoms with Crippen molar-refractivity contribution < 1.29 is 13.6 Å². The SMILES string of the molecule is N#Cc1cc(N2CCC(C(=O)N3N=CCC3c3cc(F)ccc3F)C3(CC3)C2)ncn1. The maximum absolute atomic E-state index is 14.4. The van der Waals surface area contributed by atoms with Gasteiger partial charge in [0.15, 0.2) is 0 Å². The summed E-state index contributed by atoms with van der Waals surface area (Å²) in [4.78, 5) is 23.8. The van der Waals surface area contributed by atoms with Gasteiger partial charge in [-0.05, 0) is 42.9 Å². The van der Waals surface area contributed by atoms with Crippen LogP contribution in [0, 0.1) is 34.3 Å². The molecule has 0 radical (unpaired) electrons. The molecule has 1 spiro atoms. The topological polar surface area (TPSA) is 85.5 Å². The molecule has 0 bridgehead atoms. The molecule has 1 amide bonds. The highest BCUT2D eigenvalue weighted by molar-refractivity contribution is 5.83. The van der Waals surface area contributed by atoms with Crippen molar-refractivity contribution in [1.29, 1.82) is 5.26 Å². The van der Waals surface area contributed by atoms with Gasteiger partial charge in [-0.15, -0.1) is 0 Å². The minimum Gasteiger partial charge on any atom is -0.356 e. The molecule has 1 aliphatic carbocycles. The second-order valence-corrected chi connectivity index (χ2v) is 8.40. The van der Waals surface area contributed by atoms with Gasteiger partial charge in [-0.1, -0.05) is 0 Å². The number of carbonyl (C=O) groups is 1. The number of rotatable bonds is 3. The minimum absolute atomic E-state index is 0.139. The van der Waals surface area contributed by atoms with Gasteiger partial charge in [0.05, 0.1) is 6.04 Å². The average molecular weight is 422 g/mol. The number of anilines is 1. The van der Waals surface area contributed by atoms with Crippen LogP contribution in [0.5, 0.6) is 0 Å². The van der Waals surface area contributed by atoms with E-state index in [2.05, 4.69) is 20.0 Å². The van der Waals surface area contributed by atoms with Gasteiger partial charge in [-0.25, -0.2) is 23.8 Å². The fourth-order valence-electron chi connectivity index (χ4n) is 4.80. The standard InChI is InChI=1S/C22H20F2N6O/c23-14-1-2-18(24)16(9-14)19-3-7-28-30(19)21(31)17-4-8-29(12-22(17)5-6-22)20-10-15(11-25)26-13-27-20/h1-2,7,9-10,13,17,19H,3-6,8,12H2. The lowest BCUT2D eigenvalue weighted by Gasteiger charge is -2.40. The number of nitrogens with zero attached hydrogens (tertiary/aromatic N) is 6. The molecule has 2 aromatic rings. The van der Waals surface area contributed by atoms with Crippen LogP contribution >= 0.6 is 0 Å². The summed E-state index contributed by atoms with van der Waals surface area (Å²) in [6.07, 6.45) is 5.75. The van der Waals surface area contributed by atoms with Gasteiger partial charge < -0.3 is 4.90 Å². The summed E-state index contributed by atoms with van der Waals surface area (Å²) in [6, 6.07) is 6.36. The first-order valence-corrected chi connectivity index (χ1v) is 10.3. The Balaban J connectivity index is 1.36. The smallest absolute Gasteiger partial charge is 0.247 e. The minimum atomic E-state index is -0.628. The van der Waals surface area contributed by atoms with Crippen LogP contribution in [0.3, 0.4) is 0 Å². The number of carbonyl (C=O) groups excluding carboxylic acids is 1. The van der Waals surface area contributed by atoms with Crippen molar-refractivity contribution in [1.82, 2.24) is 15.0 Å². The van der Waals surface area contributed by atoms with E-state index in [-0.39, 0.29) is 22.8 Å². The van der Waals surface area contributed by atoms with Crippen molar-refractivity contribution in [2.45, 2.75) is 31.7 Å². The number of hydrazone groups is 1. The van der Waals surface area contributed by atoms with Gasteiger partial charge in [0, 0.05) is 43.3 Å². The van der Waals surface area contributed by atoms with Crippen molar-refractivity contribution in [2.24, 2.45) is 16.4 Å². The maximum Gasteiger partial charge on any atom is 0.247 e. The van der Waals surface area contributed by atoms with Crippen molar-refractivity contribution >= 4 is 17.9 Å². The first kappa shape index (κ1) is 19.5. The van der Waals surface area contributed by atoms with E-state index in [0.29, 0.717) is 37.4 Å². The molecular formula is C22H20F2N6O. The van der Waals surface area contributed by atoms with E-state index in [1.807, 2.05) is 6.07 Å². The highest BCUT2D eigenvalue weighted by Gasteiger charge is 2.56. The van der Waals surface area contributed by atoms with Crippen LogP contribution in [-0.4, -0.2) is 40.2 Å². The Labute approximate surface area is 178 Å². The Bertz CT molecular complexity index is 1110. The Kier molecular flexibility index (Phi) is 4.65. The quantitative estimate of drug-likeness (QED) is 0.758. The molecule has 5 rings (SSSR count). The van der Waals surface area contributed by atoms with E-state index in [9.17, 15) is 13.6 Å². The summed E-state index contributed by atoms with van der Waals surface area (Å²) < 4.78 is 28.1. The molecule has 0 N–H and O–H groups in total. The first-order valence-electron chi connectivity index (χ1n) is 10.3. The summed E-state index contributed by atoms with van der Waals surface area (Å²) in [5.74, 6) is -0.773. The molecule has 2 fully saturated rings. The molecule has 7 nitrogen and oxygen atoms in total. The lowest BCUT2D eigenvalue weighted by Crippen LogP contribution is -2.48. The molecule has 31 heavy (non-hydrogen) atoms. The molecular weight excluding hydrogens is 402 g/mol. The zero-order valence-electron chi connectivity index (χ0n) is 16.7. The van der Waals surface area contributed by atoms with E-state index >= 15 is 0 Å². The summed E-state index contributed by atoms with van der Waals surface area (Å²) in [5.41, 5.74) is 0.272. The summed E-state index contributed by atoms with van der Waals surface area (Å²) in [7, 11) is 0. The van der Waals surface area contributed by atoms with Gasteiger partial charge in [0.2, 0.25) is 5.91 Å². The first-order chi connectivity index (χ1) is 15.0. The third-order valence-electron chi connectivity index (χ3n) is 6.59. The van der Waals surface area contributed by atoms with Gasteiger partial charge in [-0.3, -0.25) is 4.79 Å². The Morgan fingerprint density at radius 1 is 1.23 bits per heavy atom. The Morgan fingerprint density at radius 2 is 2.06 bits per heavy atom. The number of benzene rings is 1. The fourth-order valence-corrected chi connectivity index (χ4v) is 4.80. The number of amides is 1. The molecule has 2 atom stereocenters. The van der Waals surface area contributed by atoms with E-state index in [0.717, 1.165) is 31.0 Å². The van der Waals surface area contributed by atoms with Crippen molar-refractivity contribution in [3.8, 4) is 6.07 Å². The molecule has 158 valence electrons. The van der Waals surface area contributed by atoms with Crippen molar-refractivity contribution in [3.05, 3.63) is 53.5 Å². The predicted molar refractivity (Wildman–Crippen MR) is 108 cm³/mol. The Morgan fingerprint density at radius 3 is 2.84 bits per heavy atom. The maximum atomic E-state index is 14.4. The largest absolute Gasteiger partial charge is 0.356 e. The zero-order chi connectivity index (χ0) is 21.6. The number of piperidine rings is 1. The summed E-state index contributed by atoms with van der Waals surface area (Å²) in [5, 5.41) is 14.7. The molecule has 2 unspecified atom stereocenters. The molecule has 3 aliphatic rings.